The number of nitrogens with zero attached hydrogens (tertiary/aromatic N) is 4. The summed E-state index contributed by atoms with van der Waals surface area (Å²) in [5.74, 6) is 2.36. The number of aryl methyl sites for hydroxylation is 1. The van der Waals surface area contributed by atoms with Gasteiger partial charge in [0.1, 0.15) is 18.5 Å². The van der Waals surface area contributed by atoms with Gasteiger partial charge in [-0.05, 0) is 31.9 Å². The predicted molar refractivity (Wildman–Crippen MR) is 105 cm³/mol. The Kier molecular flexibility index (Phi) is 6.50. The van der Waals surface area contributed by atoms with E-state index in [0.717, 1.165) is 29.4 Å². The molecule has 2 heterocycles. The molecule has 9 heteroatoms. The fraction of sp³-hybridized carbons (Fsp3) is 0.588. The van der Waals surface area contributed by atoms with Gasteiger partial charge in [-0.25, -0.2) is 4.99 Å². The molecule has 3 rings (SSSR count). The summed E-state index contributed by atoms with van der Waals surface area (Å²) in [4.78, 5) is 5.48. The molecule has 1 fully saturated rings. The molecule has 0 bridgehead atoms. The Labute approximate surface area is 162 Å². The van der Waals surface area contributed by atoms with Gasteiger partial charge in [0.05, 0.1) is 4.34 Å². The smallest absolute Gasteiger partial charge is 0.192 e. The van der Waals surface area contributed by atoms with Gasteiger partial charge in [-0.1, -0.05) is 24.4 Å². The number of aliphatic imine (C=N–C) groups is 1. The molecule has 0 aromatic carbocycles. The van der Waals surface area contributed by atoms with Crippen molar-refractivity contribution in [2.45, 2.75) is 51.3 Å². The average molecular weight is 397 g/mol. The summed E-state index contributed by atoms with van der Waals surface area (Å²) < 4.78 is 2.61. The van der Waals surface area contributed by atoms with Crippen molar-refractivity contribution in [2.24, 2.45) is 12.0 Å². The number of aliphatic hydroxyl groups excluding tert-OH is 1. The second-order valence-corrected chi connectivity index (χ2v) is 8.30. The van der Waals surface area contributed by atoms with Gasteiger partial charge in [0, 0.05) is 24.5 Å². The maximum atomic E-state index is 10.4. The topological polar surface area (TPSA) is 87.4 Å². The molecule has 26 heavy (non-hydrogen) atoms. The van der Waals surface area contributed by atoms with Crippen molar-refractivity contribution in [3.8, 4) is 0 Å². The van der Waals surface area contributed by atoms with Crippen LogP contribution in [0.1, 0.15) is 48.3 Å². The normalized spacial score (nSPS) is 16.8. The van der Waals surface area contributed by atoms with Crippen molar-refractivity contribution in [1.29, 1.82) is 0 Å². The Morgan fingerprint density at radius 2 is 2.19 bits per heavy atom. The minimum absolute atomic E-state index is 0.368. The molecular formula is C17H25ClN6OS. The lowest BCUT2D eigenvalue weighted by Gasteiger charge is -2.19. The van der Waals surface area contributed by atoms with Gasteiger partial charge in [-0.3, -0.25) is 0 Å². The Morgan fingerprint density at radius 3 is 2.81 bits per heavy atom. The maximum absolute atomic E-state index is 10.4. The van der Waals surface area contributed by atoms with E-state index in [1.165, 1.54) is 24.2 Å². The van der Waals surface area contributed by atoms with Crippen LogP contribution in [0.25, 0.3) is 0 Å². The van der Waals surface area contributed by atoms with Gasteiger partial charge in [0.2, 0.25) is 0 Å². The molecule has 1 aliphatic rings. The third-order valence-electron chi connectivity index (χ3n) is 4.64. The van der Waals surface area contributed by atoms with Crippen LogP contribution in [0.15, 0.2) is 17.1 Å². The molecule has 0 spiro atoms. The number of halogens is 1. The Balaban J connectivity index is 1.63. The van der Waals surface area contributed by atoms with Crippen LogP contribution in [0, 0.1) is 6.92 Å². The first-order chi connectivity index (χ1) is 12.5. The van der Waals surface area contributed by atoms with Crippen LogP contribution in [0.5, 0.6) is 0 Å². The van der Waals surface area contributed by atoms with Crippen LogP contribution in [0.4, 0.5) is 0 Å². The van der Waals surface area contributed by atoms with Crippen LogP contribution in [-0.2, 0) is 13.6 Å². The lowest BCUT2D eigenvalue weighted by Crippen LogP contribution is -2.43. The highest BCUT2D eigenvalue weighted by molar-refractivity contribution is 7.16. The van der Waals surface area contributed by atoms with Gasteiger partial charge in [0.15, 0.2) is 11.8 Å². The van der Waals surface area contributed by atoms with Crippen molar-refractivity contribution in [2.75, 3.05) is 6.54 Å². The van der Waals surface area contributed by atoms with Gasteiger partial charge < -0.3 is 20.3 Å². The summed E-state index contributed by atoms with van der Waals surface area (Å²) in [6.07, 6.45) is 4.15. The van der Waals surface area contributed by atoms with Crippen LogP contribution in [0.3, 0.4) is 0 Å². The minimum atomic E-state index is -0.625. The highest BCUT2D eigenvalue weighted by atomic mass is 35.5. The standard InChI is InChI=1S/C17H25ClN6OS/c1-11-22-23-16(24(11)2)10-20-17(21-12-5-3-4-6-12)19-9-13(25)14-7-8-15(18)26-14/h7-8,12-13,25H,3-6,9-10H2,1-2H3,(H2,19,20,21). The van der Waals surface area contributed by atoms with Crippen molar-refractivity contribution in [1.82, 2.24) is 25.4 Å². The van der Waals surface area contributed by atoms with E-state index in [1.807, 2.05) is 24.6 Å². The lowest BCUT2D eigenvalue weighted by molar-refractivity contribution is 0.184. The number of hydrogen-bond acceptors (Lipinski definition) is 5. The van der Waals surface area contributed by atoms with E-state index < -0.39 is 6.10 Å². The van der Waals surface area contributed by atoms with E-state index in [4.69, 9.17) is 11.6 Å². The van der Waals surface area contributed by atoms with Crippen molar-refractivity contribution in [3.05, 3.63) is 33.0 Å². The summed E-state index contributed by atoms with van der Waals surface area (Å²) in [5.41, 5.74) is 0. The van der Waals surface area contributed by atoms with Crippen LogP contribution < -0.4 is 10.6 Å². The molecule has 2 aromatic heterocycles. The second kappa shape index (κ2) is 8.83. The zero-order chi connectivity index (χ0) is 18.5. The number of guanidine groups is 1. The largest absolute Gasteiger partial charge is 0.386 e. The molecule has 142 valence electrons. The Hall–Kier alpha value is -1.64. The lowest BCUT2D eigenvalue weighted by atomic mass is 10.2. The van der Waals surface area contributed by atoms with E-state index in [0.29, 0.717) is 29.4 Å². The molecule has 0 saturated heterocycles. The summed E-state index contributed by atoms with van der Waals surface area (Å²) in [7, 11) is 1.93. The predicted octanol–water partition coefficient (Wildman–Crippen LogP) is 2.55. The zero-order valence-corrected chi connectivity index (χ0v) is 16.6. The Morgan fingerprint density at radius 1 is 1.42 bits per heavy atom. The molecule has 0 amide bonds. The van der Waals surface area contributed by atoms with Crippen molar-refractivity contribution < 1.29 is 5.11 Å². The van der Waals surface area contributed by atoms with Crippen LogP contribution in [0.2, 0.25) is 4.34 Å². The summed E-state index contributed by atoms with van der Waals surface area (Å²) >= 11 is 7.34. The van der Waals surface area contributed by atoms with Gasteiger partial charge in [-0.2, -0.15) is 0 Å². The summed E-state index contributed by atoms with van der Waals surface area (Å²) in [5, 5.41) is 25.3. The maximum Gasteiger partial charge on any atom is 0.192 e. The third-order valence-corrected chi connectivity index (χ3v) is 5.97. The summed E-state index contributed by atoms with van der Waals surface area (Å²) in [6, 6.07) is 4.08. The Bertz CT molecular complexity index is 752. The van der Waals surface area contributed by atoms with Crippen molar-refractivity contribution in [3.63, 3.8) is 0 Å². The fourth-order valence-corrected chi connectivity index (χ4v) is 4.00. The zero-order valence-electron chi connectivity index (χ0n) is 15.1. The molecule has 2 aromatic rings. The highest BCUT2D eigenvalue weighted by Crippen LogP contribution is 2.26. The first-order valence-corrected chi connectivity index (χ1v) is 10.1. The van der Waals surface area contributed by atoms with Gasteiger partial charge in [-0.15, -0.1) is 21.5 Å². The van der Waals surface area contributed by atoms with Gasteiger partial charge in [0.25, 0.3) is 0 Å². The molecule has 1 aliphatic carbocycles. The molecule has 3 N–H and O–H groups in total. The molecule has 1 saturated carbocycles. The van der Waals surface area contributed by atoms with E-state index in [-0.39, 0.29) is 0 Å². The van der Waals surface area contributed by atoms with Crippen LogP contribution in [-0.4, -0.2) is 38.4 Å². The molecule has 7 nitrogen and oxygen atoms in total. The molecule has 0 aliphatic heterocycles. The van der Waals surface area contributed by atoms with Crippen LogP contribution >= 0.6 is 22.9 Å². The first-order valence-electron chi connectivity index (χ1n) is 8.86. The van der Waals surface area contributed by atoms with E-state index >= 15 is 0 Å². The highest BCUT2D eigenvalue weighted by Gasteiger charge is 2.17. The third kappa shape index (κ3) is 4.96. The van der Waals surface area contributed by atoms with E-state index in [9.17, 15) is 5.11 Å². The SMILES string of the molecule is Cc1nnc(CN=C(NCC(O)c2ccc(Cl)s2)NC2CCCC2)n1C. The fourth-order valence-electron chi connectivity index (χ4n) is 2.96. The molecule has 1 atom stereocenters. The molecule has 0 radical (unpaired) electrons. The summed E-state index contributed by atoms with van der Waals surface area (Å²) in [6.45, 7) is 2.71. The number of nitrogens with one attached hydrogen (secondary N) is 2. The van der Waals surface area contributed by atoms with E-state index in [2.05, 4.69) is 25.8 Å². The quantitative estimate of drug-likeness (QED) is 0.516. The first kappa shape index (κ1) is 19.1. The molecular weight excluding hydrogens is 372 g/mol. The molecule has 1 unspecified atom stereocenters. The number of aromatic nitrogens is 3. The monoisotopic (exact) mass is 396 g/mol. The second-order valence-electron chi connectivity index (χ2n) is 6.55. The van der Waals surface area contributed by atoms with Gasteiger partial charge >= 0.3 is 0 Å². The van der Waals surface area contributed by atoms with E-state index in [1.54, 1.807) is 6.07 Å². The number of hydrogen-bond donors (Lipinski definition) is 3. The van der Waals surface area contributed by atoms with Crippen molar-refractivity contribution >= 4 is 28.9 Å². The number of aliphatic hydroxyl groups is 1. The number of rotatable bonds is 6. The average Bonchev–Trinajstić information content (AvgIpc) is 3.35. The minimum Gasteiger partial charge on any atom is -0.386 e. The number of thiophene rings is 1.